The molecule has 1 aromatic carbocycles. The molecule has 0 saturated carbocycles. The summed E-state index contributed by atoms with van der Waals surface area (Å²) >= 11 is 12.8. The summed E-state index contributed by atoms with van der Waals surface area (Å²) in [5.41, 5.74) is 2.92. The Kier molecular flexibility index (Phi) is 7.25. The van der Waals surface area contributed by atoms with Crippen LogP contribution in [-0.4, -0.2) is 76.5 Å². The van der Waals surface area contributed by atoms with Gasteiger partial charge in [0.2, 0.25) is 10.0 Å². The summed E-state index contributed by atoms with van der Waals surface area (Å²) in [6.45, 7) is 5.22. The number of halogens is 2. The molecule has 1 unspecified atom stereocenters. The van der Waals surface area contributed by atoms with Crippen LogP contribution in [-0.2, 0) is 14.8 Å². The maximum Gasteiger partial charge on any atom is 0.211 e. The predicted octanol–water partition coefficient (Wildman–Crippen LogP) is 5.12. The molecule has 3 aliphatic heterocycles. The van der Waals surface area contributed by atoms with Crippen LogP contribution in [0, 0.1) is 5.41 Å². The van der Waals surface area contributed by atoms with Gasteiger partial charge in [0.1, 0.15) is 29.1 Å². The first-order valence-electron chi connectivity index (χ1n) is 14.2. The maximum absolute atomic E-state index is 11.8. The second-order valence-electron chi connectivity index (χ2n) is 11.7. The predicted molar refractivity (Wildman–Crippen MR) is 164 cm³/mol. The van der Waals surface area contributed by atoms with E-state index in [2.05, 4.69) is 9.88 Å². The largest absolute Gasteiger partial charge is 0.486 e. The monoisotopic (exact) mass is 643 g/mol. The fraction of sp³-hybridized carbons (Fsp3) is 0.448. The SMILES string of the molecule is C[C@@H](Oc1ccc2c(c1)c(-c1cnc(N3CC4(C3)CN(S(C)(=O)=O)C4)cn1)nn2C1CCCCO1)c1c(Cl)cncc1Cl. The van der Waals surface area contributed by atoms with E-state index in [4.69, 9.17) is 47.7 Å². The third-order valence-corrected chi connectivity index (χ3v) is 10.3. The fourth-order valence-electron chi connectivity index (χ4n) is 6.26. The Morgan fingerprint density at radius 2 is 1.81 bits per heavy atom. The van der Waals surface area contributed by atoms with Crippen molar-refractivity contribution in [3.05, 3.63) is 58.6 Å². The molecule has 226 valence electrons. The Bertz CT molecular complexity index is 1760. The molecule has 3 saturated heterocycles. The summed E-state index contributed by atoms with van der Waals surface area (Å²) in [5, 5.41) is 6.73. The van der Waals surface area contributed by atoms with Gasteiger partial charge in [-0.25, -0.2) is 27.4 Å². The first-order chi connectivity index (χ1) is 20.6. The molecule has 3 aromatic heterocycles. The van der Waals surface area contributed by atoms with Crippen molar-refractivity contribution in [3.63, 3.8) is 0 Å². The molecular formula is C29H31Cl2N7O4S. The molecule has 2 atom stereocenters. The van der Waals surface area contributed by atoms with Crippen LogP contribution in [0.1, 0.15) is 44.1 Å². The lowest BCUT2D eigenvalue weighted by Crippen LogP contribution is -2.73. The average Bonchev–Trinajstić information content (AvgIpc) is 3.30. The first kappa shape index (κ1) is 28.7. The molecule has 11 nitrogen and oxygen atoms in total. The van der Waals surface area contributed by atoms with Gasteiger partial charge in [0, 0.05) is 61.5 Å². The quantitative estimate of drug-likeness (QED) is 0.271. The number of sulfonamides is 1. The van der Waals surface area contributed by atoms with Crippen LogP contribution in [0.25, 0.3) is 22.3 Å². The van der Waals surface area contributed by atoms with Crippen LogP contribution >= 0.6 is 23.2 Å². The van der Waals surface area contributed by atoms with Gasteiger partial charge in [-0.2, -0.15) is 5.10 Å². The number of pyridine rings is 1. The smallest absolute Gasteiger partial charge is 0.211 e. The van der Waals surface area contributed by atoms with Crippen molar-refractivity contribution in [2.24, 2.45) is 5.41 Å². The van der Waals surface area contributed by atoms with Gasteiger partial charge in [-0.15, -0.1) is 0 Å². The summed E-state index contributed by atoms with van der Waals surface area (Å²) in [4.78, 5) is 15.6. The number of aromatic nitrogens is 5. The van der Waals surface area contributed by atoms with E-state index in [1.54, 1.807) is 24.8 Å². The van der Waals surface area contributed by atoms with E-state index in [0.29, 0.717) is 52.4 Å². The van der Waals surface area contributed by atoms with Crippen LogP contribution in [0.3, 0.4) is 0 Å². The van der Waals surface area contributed by atoms with Crippen molar-refractivity contribution < 1.29 is 17.9 Å². The number of nitrogens with zero attached hydrogens (tertiary/aromatic N) is 7. The van der Waals surface area contributed by atoms with Gasteiger partial charge in [-0.1, -0.05) is 23.2 Å². The number of hydrogen-bond acceptors (Lipinski definition) is 9. The minimum atomic E-state index is -3.14. The summed E-state index contributed by atoms with van der Waals surface area (Å²) in [6, 6.07) is 5.85. The van der Waals surface area contributed by atoms with E-state index >= 15 is 0 Å². The Morgan fingerprint density at radius 3 is 2.47 bits per heavy atom. The van der Waals surface area contributed by atoms with Crippen LogP contribution in [0.15, 0.2) is 43.0 Å². The molecule has 7 rings (SSSR count). The number of rotatable bonds is 7. The zero-order chi connectivity index (χ0) is 29.9. The van der Waals surface area contributed by atoms with Crippen LogP contribution < -0.4 is 9.64 Å². The topological polar surface area (TPSA) is 116 Å². The summed E-state index contributed by atoms with van der Waals surface area (Å²) in [7, 11) is -3.14. The maximum atomic E-state index is 11.8. The molecule has 0 N–H and O–H groups in total. The van der Waals surface area contributed by atoms with Gasteiger partial charge in [0.05, 0.1) is 34.2 Å². The molecule has 0 bridgehead atoms. The molecule has 4 aromatic rings. The van der Waals surface area contributed by atoms with E-state index in [9.17, 15) is 8.42 Å². The third-order valence-electron chi connectivity index (χ3n) is 8.47. The van der Waals surface area contributed by atoms with Gasteiger partial charge >= 0.3 is 0 Å². The third kappa shape index (κ3) is 5.33. The van der Waals surface area contributed by atoms with E-state index in [0.717, 1.165) is 49.1 Å². The van der Waals surface area contributed by atoms with Gasteiger partial charge in [0.25, 0.3) is 0 Å². The van der Waals surface area contributed by atoms with Crippen molar-refractivity contribution in [1.82, 2.24) is 29.0 Å². The van der Waals surface area contributed by atoms with Gasteiger partial charge < -0.3 is 14.4 Å². The van der Waals surface area contributed by atoms with Crippen LogP contribution in [0.4, 0.5) is 5.82 Å². The number of hydrogen-bond donors (Lipinski definition) is 0. The van der Waals surface area contributed by atoms with E-state index in [1.165, 1.54) is 10.6 Å². The molecule has 0 radical (unpaired) electrons. The highest BCUT2D eigenvalue weighted by Crippen LogP contribution is 2.43. The second-order valence-corrected chi connectivity index (χ2v) is 14.5. The lowest BCUT2D eigenvalue weighted by molar-refractivity contribution is -0.0365. The Morgan fingerprint density at radius 1 is 1.05 bits per heavy atom. The highest BCUT2D eigenvalue weighted by atomic mass is 35.5. The van der Waals surface area contributed by atoms with Gasteiger partial charge in [0.15, 0.2) is 6.23 Å². The highest BCUT2D eigenvalue weighted by Gasteiger charge is 2.54. The summed E-state index contributed by atoms with van der Waals surface area (Å²) < 4.78 is 39.4. The average molecular weight is 645 g/mol. The van der Waals surface area contributed by atoms with Gasteiger partial charge in [-0.3, -0.25) is 4.98 Å². The number of anilines is 1. The normalized spacial score (nSPS) is 21.0. The molecular weight excluding hydrogens is 613 g/mol. The molecule has 3 fully saturated rings. The molecule has 6 heterocycles. The fourth-order valence-corrected chi connectivity index (χ4v) is 7.95. The lowest BCUT2D eigenvalue weighted by Gasteiger charge is -2.59. The number of benzene rings is 1. The van der Waals surface area contributed by atoms with E-state index < -0.39 is 16.1 Å². The number of fused-ring (bicyclic) bond motifs is 1. The Hall–Kier alpha value is -3.03. The van der Waals surface area contributed by atoms with Crippen LogP contribution in [0.5, 0.6) is 5.75 Å². The van der Waals surface area contributed by atoms with Crippen molar-refractivity contribution in [3.8, 4) is 17.1 Å². The minimum absolute atomic E-state index is 0.0106. The second kappa shape index (κ2) is 10.8. The molecule has 3 aliphatic rings. The highest BCUT2D eigenvalue weighted by molar-refractivity contribution is 7.88. The Labute approximate surface area is 259 Å². The minimum Gasteiger partial charge on any atom is -0.486 e. The molecule has 1 spiro atoms. The molecule has 43 heavy (non-hydrogen) atoms. The van der Waals surface area contributed by atoms with Gasteiger partial charge in [-0.05, 0) is 44.4 Å². The van der Waals surface area contributed by atoms with Crippen molar-refractivity contribution in [2.45, 2.75) is 38.5 Å². The zero-order valence-corrected chi connectivity index (χ0v) is 26.1. The molecule has 0 amide bonds. The summed E-state index contributed by atoms with van der Waals surface area (Å²) in [5.74, 6) is 1.39. The summed E-state index contributed by atoms with van der Waals surface area (Å²) in [6.07, 6.45) is 10.3. The molecule has 0 aliphatic carbocycles. The van der Waals surface area contributed by atoms with Crippen molar-refractivity contribution >= 4 is 49.9 Å². The lowest BCUT2D eigenvalue weighted by atomic mass is 9.74. The Balaban J connectivity index is 1.16. The van der Waals surface area contributed by atoms with E-state index in [1.807, 2.05) is 29.8 Å². The van der Waals surface area contributed by atoms with Crippen LogP contribution in [0.2, 0.25) is 10.0 Å². The van der Waals surface area contributed by atoms with E-state index in [-0.39, 0.29) is 11.6 Å². The zero-order valence-electron chi connectivity index (χ0n) is 23.8. The van der Waals surface area contributed by atoms with Crippen molar-refractivity contribution in [1.29, 1.82) is 0 Å². The molecule has 14 heteroatoms. The number of ether oxygens (including phenoxy) is 2. The first-order valence-corrected chi connectivity index (χ1v) is 16.8. The standard InChI is InChI=1S/C29H31Cl2N7O4S/c1-18(27-21(30)10-32-11-22(27)31)42-19-6-7-24-20(9-19)28(35-38(24)26-5-3-4-8-41-26)23-12-34-25(13-33-23)36-14-29(15-36)16-37(17-29)43(2,39)40/h6-7,9-13,18,26H,3-5,8,14-17H2,1-2H3/t18-,26?/m1/s1. The van der Waals surface area contributed by atoms with Crippen molar-refractivity contribution in [2.75, 3.05) is 43.9 Å².